The fraction of sp³-hybridized carbons (Fsp3) is 0.222. The summed E-state index contributed by atoms with van der Waals surface area (Å²) >= 11 is 0. The minimum Gasteiger partial charge on any atom is -0.271 e. The van der Waals surface area contributed by atoms with Crippen LogP contribution in [0.3, 0.4) is 0 Å². The maximum atomic E-state index is 4.76. The van der Waals surface area contributed by atoms with Gasteiger partial charge in [-0.3, -0.25) is 4.68 Å². The highest BCUT2D eigenvalue weighted by atomic mass is 15.5. The van der Waals surface area contributed by atoms with Gasteiger partial charge in [-0.15, -0.1) is 10.2 Å². The first-order valence-corrected chi connectivity index (χ1v) is 7.88. The van der Waals surface area contributed by atoms with Crippen LogP contribution in [-0.2, 0) is 13.5 Å². The van der Waals surface area contributed by atoms with Crippen LogP contribution >= 0.6 is 0 Å². The Labute approximate surface area is 139 Å². The van der Waals surface area contributed by atoms with E-state index in [0.29, 0.717) is 12.2 Å². The van der Waals surface area contributed by atoms with Gasteiger partial charge in [0.2, 0.25) is 0 Å². The molecule has 6 heteroatoms. The second-order valence-electron chi connectivity index (χ2n) is 6.10. The summed E-state index contributed by atoms with van der Waals surface area (Å²) in [4.78, 5) is 0. The van der Waals surface area contributed by atoms with Gasteiger partial charge in [0.25, 0.3) is 0 Å². The summed E-state index contributed by atoms with van der Waals surface area (Å²) in [7, 11) is 1.96. The highest BCUT2D eigenvalue weighted by molar-refractivity contribution is 5.96. The van der Waals surface area contributed by atoms with Crippen LogP contribution in [0.15, 0.2) is 36.4 Å². The standard InChI is InChI=1S/C18H18N6/c1-11-7-8-13(12(2)9-11)14-5-4-6-15-16(24(3)21-18(14)15)10-17-19-22-23-20-17/h4-9H,10H2,1-3H3,(H,19,20,22,23). The summed E-state index contributed by atoms with van der Waals surface area (Å²) < 4.78 is 1.91. The lowest BCUT2D eigenvalue weighted by atomic mass is 9.96. The predicted octanol–water partition coefficient (Wildman–Crippen LogP) is 2.96. The Morgan fingerprint density at radius 1 is 1.08 bits per heavy atom. The summed E-state index contributed by atoms with van der Waals surface area (Å²) in [5, 5.41) is 20.1. The van der Waals surface area contributed by atoms with Gasteiger partial charge in [-0.2, -0.15) is 10.3 Å². The first kappa shape index (κ1) is 14.6. The Balaban J connectivity index is 1.89. The number of nitrogens with one attached hydrogen (secondary N) is 1. The lowest BCUT2D eigenvalue weighted by Crippen LogP contribution is -2.00. The van der Waals surface area contributed by atoms with Crippen LogP contribution in [0.25, 0.3) is 22.0 Å². The number of aromatic nitrogens is 6. The van der Waals surface area contributed by atoms with E-state index in [9.17, 15) is 0 Å². The van der Waals surface area contributed by atoms with E-state index in [1.54, 1.807) is 0 Å². The van der Waals surface area contributed by atoms with Crippen LogP contribution in [0.4, 0.5) is 0 Å². The van der Waals surface area contributed by atoms with E-state index in [2.05, 4.69) is 70.9 Å². The average molecular weight is 318 g/mol. The van der Waals surface area contributed by atoms with Crippen molar-refractivity contribution in [3.8, 4) is 11.1 Å². The van der Waals surface area contributed by atoms with Gasteiger partial charge in [0.15, 0.2) is 5.82 Å². The third-order valence-corrected chi connectivity index (χ3v) is 4.37. The molecule has 24 heavy (non-hydrogen) atoms. The number of aryl methyl sites for hydroxylation is 3. The molecule has 2 aromatic heterocycles. The molecule has 0 aliphatic heterocycles. The fourth-order valence-electron chi connectivity index (χ4n) is 3.22. The highest BCUT2D eigenvalue weighted by Crippen LogP contribution is 2.32. The van der Waals surface area contributed by atoms with Crippen LogP contribution in [0.1, 0.15) is 22.6 Å². The molecule has 0 aliphatic rings. The topological polar surface area (TPSA) is 72.3 Å². The van der Waals surface area contributed by atoms with Crippen molar-refractivity contribution in [2.24, 2.45) is 7.05 Å². The molecule has 0 amide bonds. The van der Waals surface area contributed by atoms with E-state index in [1.807, 2.05) is 11.7 Å². The summed E-state index contributed by atoms with van der Waals surface area (Å²) in [6.45, 7) is 4.26. The van der Waals surface area contributed by atoms with Gasteiger partial charge in [-0.05, 0) is 25.0 Å². The number of benzene rings is 2. The Morgan fingerprint density at radius 3 is 2.71 bits per heavy atom. The molecule has 0 saturated carbocycles. The molecule has 6 nitrogen and oxygen atoms in total. The van der Waals surface area contributed by atoms with Gasteiger partial charge < -0.3 is 0 Å². The van der Waals surface area contributed by atoms with Crippen molar-refractivity contribution in [1.29, 1.82) is 0 Å². The molecule has 0 fully saturated rings. The van der Waals surface area contributed by atoms with Crippen LogP contribution in [0.5, 0.6) is 0 Å². The zero-order valence-corrected chi connectivity index (χ0v) is 13.9. The zero-order valence-electron chi connectivity index (χ0n) is 13.9. The fourth-order valence-corrected chi connectivity index (χ4v) is 3.22. The van der Waals surface area contributed by atoms with Crippen molar-refractivity contribution >= 4 is 10.9 Å². The normalized spacial score (nSPS) is 11.3. The SMILES string of the molecule is Cc1ccc(-c2cccc3c(Cc4nn[nH]n4)n(C)nc23)c(C)c1. The molecular weight excluding hydrogens is 300 g/mol. The van der Waals surface area contributed by atoms with Crippen molar-refractivity contribution in [1.82, 2.24) is 30.4 Å². The lowest BCUT2D eigenvalue weighted by Gasteiger charge is -2.08. The Bertz CT molecular complexity index is 1010. The summed E-state index contributed by atoms with van der Waals surface area (Å²) in [5.74, 6) is 0.664. The zero-order chi connectivity index (χ0) is 16.7. The van der Waals surface area contributed by atoms with E-state index < -0.39 is 0 Å². The summed E-state index contributed by atoms with van der Waals surface area (Å²) in [6.07, 6.45) is 0.597. The van der Waals surface area contributed by atoms with Crippen LogP contribution in [0.2, 0.25) is 0 Å². The number of H-pyrrole nitrogens is 1. The molecule has 0 saturated heterocycles. The molecule has 0 bridgehead atoms. The van der Waals surface area contributed by atoms with E-state index in [0.717, 1.165) is 22.2 Å². The first-order valence-electron chi connectivity index (χ1n) is 7.88. The molecular formula is C18H18N6. The van der Waals surface area contributed by atoms with Gasteiger partial charge in [0, 0.05) is 18.0 Å². The maximum Gasteiger partial charge on any atom is 0.180 e. The molecule has 4 aromatic rings. The first-order chi connectivity index (χ1) is 11.6. The van der Waals surface area contributed by atoms with Crippen molar-refractivity contribution in [3.05, 3.63) is 59.0 Å². The van der Waals surface area contributed by atoms with Crippen LogP contribution < -0.4 is 0 Å². The van der Waals surface area contributed by atoms with Gasteiger partial charge in [0.1, 0.15) is 5.52 Å². The average Bonchev–Trinajstić information content (AvgIpc) is 3.17. The van der Waals surface area contributed by atoms with Gasteiger partial charge >= 0.3 is 0 Å². The molecule has 2 heterocycles. The predicted molar refractivity (Wildman–Crippen MR) is 92.6 cm³/mol. The van der Waals surface area contributed by atoms with E-state index in [1.165, 1.54) is 16.7 Å². The molecule has 2 aromatic carbocycles. The second-order valence-corrected chi connectivity index (χ2v) is 6.10. The molecule has 0 aliphatic carbocycles. The minimum absolute atomic E-state index is 0.597. The molecule has 0 unspecified atom stereocenters. The van der Waals surface area contributed by atoms with Crippen molar-refractivity contribution in [2.45, 2.75) is 20.3 Å². The van der Waals surface area contributed by atoms with Gasteiger partial charge in [0.05, 0.1) is 12.1 Å². The summed E-state index contributed by atoms with van der Waals surface area (Å²) in [6, 6.07) is 12.8. The maximum absolute atomic E-state index is 4.76. The Morgan fingerprint density at radius 2 is 1.96 bits per heavy atom. The molecule has 0 atom stereocenters. The van der Waals surface area contributed by atoms with E-state index >= 15 is 0 Å². The van der Waals surface area contributed by atoms with Crippen molar-refractivity contribution in [3.63, 3.8) is 0 Å². The van der Waals surface area contributed by atoms with Crippen molar-refractivity contribution in [2.75, 3.05) is 0 Å². The quantitative estimate of drug-likeness (QED) is 0.630. The van der Waals surface area contributed by atoms with Gasteiger partial charge in [-0.25, -0.2) is 0 Å². The third-order valence-electron chi connectivity index (χ3n) is 4.37. The monoisotopic (exact) mass is 318 g/mol. The van der Waals surface area contributed by atoms with E-state index in [-0.39, 0.29) is 0 Å². The minimum atomic E-state index is 0.597. The number of tetrazole rings is 1. The highest BCUT2D eigenvalue weighted by Gasteiger charge is 2.16. The number of fused-ring (bicyclic) bond motifs is 1. The molecule has 0 spiro atoms. The van der Waals surface area contributed by atoms with Crippen molar-refractivity contribution < 1.29 is 0 Å². The molecule has 4 rings (SSSR count). The van der Waals surface area contributed by atoms with Crippen LogP contribution in [-0.4, -0.2) is 30.4 Å². The van der Waals surface area contributed by atoms with Crippen LogP contribution in [0, 0.1) is 13.8 Å². The smallest absolute Gasteiger partial charge is 0.180 e. The third kappa shape index (κ3) is 2.36. The Kier molecular flexibility index (Phi) is 3.37. The number of aromatic amines is 1. The molecule has 0 radical (unpaired) electrons. The number of rotatable bonds is 3. The molecule has 1 N–H and O–H groups in total. The van der Waals surface area contributed by atoms with Gasteiger partial charge in [-0.1, -0.05) is 47.2 Å². The Hall–Kier alpha value is -3.02. The summed E-state index contributed by atoms with van der Waals surface area (Å²) in [5.41, 5.74) is 6.98. The largest absolute Gasteiger partial charge is 0.271 e. The van der Waals surface area contributed by atoms with E-state index in [4.69, 9.17) is 5.10 Å². The molecule has 120 valence electrons. The second kappa shape index (κ2) is 5.56. The number of hydrogen-bond donors (Lipinski definition) is 1. The lowest BCUT2D eigenvalue weighted by molar-refractivity contribution is 0.725. The number of nitrogens with zero attached hydrogens (tertiary/aromatic N) is 5. The number of hydrogen-bond acceptors (Lipinski definition) is 4.